The highest BCUT2D eigenvalue weighted by molar-refractivity contribution is 7.92. The van der Waals surface area contributed by atoms with Gasteiger partial charge >= 0.3 is 0 Å². The van der Waals surface area contributed by atoms with E-state index in [4.69, 9.17) is 4.74 Å². The lowest BCUT2D eigenvalue weighted by atomic mass is 10.2. The third kappa shape index (κ3) is 6.74. The van der Waals surface area contributed by atoms with E-state index in [1.165, 1.54) is 20.0 Å². The van der Waals surface area contributed by atoms with Crippen LogP contribution in [0, 0.1) is 0 Å². The number of rotatable bonds is 9. The second kappa shape index (κ2) is 10.4. The van der Waals surface area contributed by atoms with Crippen molar-refractivity contribution in [1.29, 1.82) is 0 Å². The monoisotopic (exact) mass is 517 g/mol. The molecule has 1 N–H and O–H groups in total. The third-order valence-electron chi connectivity index (χ3n) is 5.13. The lowest BCUT2D eigenvalue weighted by Crippen LogP contribution is -2.45. The summed E-state index contributed by atoms with van der Waals surface area (Å²) >= 11 is 0. The molecule has 1 unspecified atom stereocenters. The average molecular weight is 518 g/mol. The first-order valence-electron chi connectivity index (χ1n) is 10.5. The zero-order valence-electron chi connectivity index (χ0n) is 19.7. The van der Waals surface area contributed by atoms with E-state index < -0.39 is 32.0 Å². The second-order valence-electron chi connectivity index (χ2n) is 7.91. The molecule has 1 amide bonds. The molecule has 0 aliphatic heterocycles. The van der Waals surface area contributed by atoms with Crippen molar-refractivity contribution in [2.24, 2.45) is 0 Å². The molecule has 9 nitrogen and oxygen atoms in total. The van der Waals surface area contributed by atoms with Crippen LogP contribution in [0.15, 0.2) is 78.9 Å². The van der Waals surface area contributed by atoms with Crippen LogP contribution in [0.3, 0.4) is 0 Å². The maximum Gasteiger partial charge on any atom is 0.247 e. The van der Waals surface area contributed by atoms with Crippen LogP contribution in [0.25, 0.3) is 0 Å². The zero-order valence-corrected chi connectivity index (χ0v) is 21.4. The Balaban J connectivity index is 1.81. The summed E-state index contributed by atoms with van der Waals surface area (Å²) in [5.74, 6) is 0.563. The molecule has 0 aliphatic rings. The molecule has 186 valence electrons. The van der Waals surface area contributed by atoms with E-state index >= 15 is 0 Å². The number of carbonyl (C=O) groups excluding carboxylic acids is 1. The summed E-state index contributed by atoms with van der Waals surface area (Å²) < 4.78 is 56.7. The van der Waals surface area contributed by atoms with E-state index in [9.17, 15) is 21.6 Å². The lowest BCUT2D eigenvalue weighted by Gasteiger charge is -2.28. The molecule has 3 rings (SSSR count). The van der Waals surface area contributed by atoms with Gasteiger partial charge in [-0.1, -0.05) is 24.3 Å². The number of sulfonamides is 2. The van der Waals surface area contributed by atoms with Crippen LogP contribution in [0.4, 0.5) is 17.1 Å². The number of para-hydroxylation sites is 1. The topological polar surface area (TPSA) is 113 Å². The minimum Gasteiger partial charge on any atom is -0.457 e. The van der Waals surface area contributed by atoms with Crippen LogP contribution in [0.1, 0.15) is 6.92 Å². The Morgan fingerprint density at radius 2 is 1.40 bits per heavy atom. The summed E-state index contributed by atoms with van der Waals surface area (Å²) in [4.78, 5) is 13.0. The van der Waals surface area contributed by atoms with Gasteiger partial charge in [-0.25, -0.2) is 16.8 Å². The Bertz CT molecular complexity index is 1390. The Morgan fingerprint density at radius 1 is 0.800 bits per heavy atom. The first kappa shape index (κ1) is 26.0. The molecular weight excluding hydrogens is 490 g/mol. The second-order valence-corrected chi connectivity index (χ2v) is 11.8. The maximum atomic E-state index is 13.0. The van der Waals surface area contributed by atoms with Crippen molar-refractivity contribution in [3.63, 3.8) is 0 Å². The van der Waals surface area contributed by atoms with Gasteiger partial charge in [0.1, 0.15) is 17.5 Å². The molecule has 1 atom stereocenters. The minimum atomic E-state index is -3.82. The van der Waals surface area contributed by atoms with Crippen molar-refractivity contribution in [2.45, 2.75) is 13.0 Å². The van der Waals surface area contributed by atoms with Crippen molar-refractivity contribution < 1.29 is 26.4 Å². The fourth-order valence-electron chi connectivity index (χ4n) is 3.31. The number of carbonyl (C=O) groups is 1. The first-order valence-corrected chi connectivity index (χ1v) is 14.2. The average Bonchev–Trinajstić information content (AvgIpc) is 2.79. The van der Waals surface area contributed by atoms with Gasteiger partial charge in [-0.05, 0) is 61.5 Å². The van der Waals surface area contributed by atoms with Gasteiger partial charge < -0.3 is 10.1 Å². The fraction of sp³-hybridized carbons (Fsp3) is 0.208. The minimum absolute atomic E-state index is 0.293. The molecule has 0 heterocycles. The largest absolute Gasteiger partial charge is 0.457 e. The van der Waals surface area contributed by atoms with Gasteiger partial charge in [0.05, 0.1) is 23.9 Å². The van der Waals surface area contributed by atoms with E-state index in [2.05, 4.69) is 5.32 Å². The molecule has 0 saturated carbocycles. The van der Waals surface area contributed by atoms with Crippen molar-refractivity contribution in [1.82, 2.24) is 0 Å². The van der Waals surface area contributed by atoms with E-state index in [0.717, 1.165) is 21.1 Å². The van der Waals surface area contributed by atoms with Gasteiger partial charge in [0, 0.05) is 12.7 Å². The number of hydrogen-bond acceptors (Lipinski definition) is 6. The van der Waals surface area contributed by atoms with Crippen molar-refractivity contribution in [2.75, 3.05) is 33.5 Å². The van der Waals surface area contributed by atoms with E-state index in [1.54, 1.807) is 54.6 Å². The Kier molecular flexibility index (Phi) is 7.71. The number of benzene rings is 3. The molecule has 3 aromatic carbocycles. The molecule has 0 spiro atoms. The predicted molar refractivity (Wildman–Crippen MR) is 138 cm³/mol. The smallest absolute Gasteiger partial charge is 0.247 e. The van der Waals surface area contributed by atoms with Gasteiger partial charge in [-0.2, -0.15) is 0 Å². The Morgan fingerprint density at radius 3 is 1.97 bits per heavy atom. The fourth-order valence-corrected chi connectivity index (χ4v) is 4.98. The molecular formula is C24H27N3O6S2. The number of nitrogens with zero attached hydrogens (tertiary/aromatic N) is 2. The number of anilines is 3. The Hall–Kier alpha value is -3.57. The van der Waals surface area contributed by atoms with Gasteiger partial charge in [0.15, 0.2) is 0 Å². The molecule has 11 heteroatoms. The SMILES string of the molecule is CC(C(=O)Nc1cccc(N(C)S(C)(=O)=O)c1)N(c1ccc(Oc2ccccc2)cc1)S(C)(=O)=O. The van der Waals surface area contributed by atoms with Gasteiger partial charge in [-0.3, -0.25) is 13.4 Å². The highest BCUT2D eigenvalue weighted by Gasteiger charge is 2.29. The molecule has 35 heavy (non-hydrogen) atoms. The van der Waals surface area contributed by atoms with E-state index in [-0.39, 0.29) is 0 Å². The van der Waals surface area contributed by atoms with Crippen molar-refractivity contribution in [3.05, 3.63) is 78.9 Å². The van der Waals surface area contributed by atoms with Crippen LogP contribution in [0.2, 0.25) is 0 Å². The zero-order chi connectivity index (χ0) is 25.8. The summed E-state index contributed by atoms with van der Waals surface area (Å²) in [6.07, 6.45) is 2.09. The highest BCUT2D eigenvalue weighted by Crippen LogP contribution is 2.27. The van der Waals surface area contributed by atoms with Gasteiger partial charge in [0.2, 0.25) is 26.0 Å². The van der Waals surface area contributed by atoms with E-state index in [0.29, 0.717) is 28.6 Å². The maximum absolute atomic E-state index is 13.0. The summed E-state index contributed by atoms with van der Waals surface area (Å²) in [7, 11) is -5.91. The number of nitrogens with one attached hydrogen (secondary N) is 1. The van der Waals surface area contributed by atoms with Crippen LogP contribution >= 0.6 is 0 Å². The summed E-state index contributed by atoms with van der Waals surface area (Å²) in [6.45, 7) is 1.47. The van der Waals surface area contributed by atoms with Crippen LogP contribution in [-0.4, -0.2) is 48.3 Å². The molecule has 0 bridgehead atoms. The van der Waals surface area contributed by atoms with Crippen LogP contribution in [0.5, 0.6) is 11.5 Å². The highest BCUT2D eigenvalue weighted by atomic mass is 32.2. The summed E-state index contributed by atoms with van der Waals surface area (Å²) in [6, 6.07) is 20.7. The molecule has 0 aromatic heterocycles. The van der Waals surface area contributed by atoms with Crippen molar-refractivity contribution >= 4 is 43.0 Å². The normalized spacial score (nSPS) is 12.5. The molecule has 0 radical (unpaired) electrons. The van der Waals surface area contributed by atoms with Crippen molar-refractivity contribution in [3.8, 4) is 11.5 Å². The summed E-state index contributed by atoms with van der Waals surface area (Å²) in [5.41, 5.74) is 0.975. The molecule has 0 fully saturated rings. The molecule has 0 saturated heterocycles. The molecule has 3 aromatic rings. The lowest BCUT2D eigenvalue weighted by molar-refractivity contribution is -0.116. The standard InChI is InChI=1S/C24H27N3O6S2/c1-18(24(28)25-19-9-8-10-21(17-19)26(2)34(3,29)30)27(35(4,31)32)20-13-15-23(16-14-20)33-22-11-6-5-7-12-22/h5-18H,1-4H3,(H,25,28). The first-order chi connectivity index (χ1) is 16.4. The summed E-state index contributed by atoms with van der Waals surface area (Å²) in [5, 5.41) is 2.66. The number of ether oxygens (including phenoxy) is 1. The van der Waals surface area contributed by atoms with Crippen LogP contribution < -0.4 is 18.7 Å². The molecule has 0 aliphatic carbocycles. The number of hydrogen-bond donors (Lipinski definition) is 1. The van der Waals surface area contributed by atoms with E-state index in [1.807, 2.05) is 18.2 Å². The van der Waals surface area contributed by atoms with Crippen LogP contribution in [-0.2, 0) is 24.8 Å². The third-order valence-corrected chi connectivity index (χ3v) is 7.58. The van der Waals surface area contributed by atoms with Gasteiger partial charge in [-0.15, -0.1) is 0 Å². The Labute approximate surface area is 206 Å². The number of amides is 1. The quantitative estimate of drug-likeness (QED) is 0.463. The predicted octanol–water partition coefficient (Wildman–Crippen LogP) is 3.67. The van der Waals surface area contributed by atoms with Gasteiger partial charge in [0.25, 0.3) is 0 Å².